The van der Waals surface area contributed by atoms with Crippen molar-refractivity contribution in [2.24, 2.45) is 0 Å². The SMILES string of the molecule is Cc1nn(C(c2cccc(C(n3nc(C)c(C)c3C)n3nc(C)c(C)c3C)n2)n2nc(C)c(C)c2C)c(C)c1C. The van der Waals surface area contributed by atoms with E-state index in [2.05, 4.69) is 120 Å². The van der Waals surface area contributed by atoms with Crippen molar-refractivity contribution < 1.29 is 0 Å². The minimum absolute atomic E-state index is 0.343. The second-order valence-corrected chi connectivity index (χ2v) is 11.2. The first-order valence-corrected chi connectivity index (χ1v) is 13.9. The fraction of sp³-hybridized carbons (Fsp3) is 0.452. The van der Waals surface area contributed by atoms with E-state index in [4.69, 9.17) is 25.4 Å². The second kappa shape index (κ2) is 9.87. The maximum Gasteiger partial charge on any atom is 0.186 e. The van der Waals surface area contributed by atoms with Crippen molar-refractivity contribution in [1.29, 1.82) is 0 Å². The molecule has 0 bridgehead atoms. The Bertz CT molecular complexity index is 1510. The van der Waals surface area contributed by atoms with Crippen LogP contribution in [0.5, 0.6) is 0 Å². The predicted molar refractivity (Wildman–Crippen MR) is 157 cm³/mol. The van der Waals surface area contributed by atoms with Gasteiger partial charge in [-0.3, -0.25) is 0 Å². The summed E-state index contributed by atoms with van der Waals surface area (Å²) in [7, 11) is 0. The summed E-state index contributed by atoms with van der Waals surface area (Å²) in [5, 5.41) is 19.9. The van der Waals surface area contributed by atoms with Crippen molar-refractivity contribution >= 4 is 0 Å². The molecule has 9 heteroatoms. The van der Waals surface area contributed by atoms with Crippen LogP contribution in [0.2, 0.25) is 0 Å². The molecule has 0 aliphatic carbocycles. The molecule has 0 spiro atoms. The Kier molecular flexibility index (Phi) is 6.80. The molecular weight excluding hydrogens is 498 g/mol. The molecule has 0 N–H and O–H groups in total. The summed E-state index contributed by atoms with van der Waals surface area (Å²) in [6.45, 7) is 25.2. The van der Waals surface area contributed by atoms with Crippen LogP contribution in [0.3, 0.4) is 0 Å². The maximum atomic E-state index is 5.36. The van der Waals surface area contributed by atoms with E-state index in [0.717, 1.165) is 56.9 Å². The van der Waals surface area contributed by atoms with Gasteiger partial charge in [-0.15, -0.1) is 0 Å². The first-order valence-electron chi connectivity index (χ1n) is 13.9. The van der Waals surface area contributed by atoms with Gasteiger partial charge < -0.3 is 0 Å². The van der Waals surface area contributed by atoms with Crippen molar-refractivity contribution in [3.05, 3.63) is 97.4 Å². The van der Waals surface area contributed by atoms with E-state index in [9.17, 15) is 0 Å². The van der Waals surface area contributed by atoms with Gasteiger partial charge in [0.05, 0.1) is 34.2 Å². The van der Waals surface area contributed by atoms with Gasteiger partial charge in [-0.05, 0) is 117 Å². The molecule has 5 rings (SSSR count). The zero-order valence-corrected chi connectivity index (χ0v) is 25.9. The third-order valence-corrected chi connectivity index (χ3v) is 9.00. The molecular formula is C31H41N9. The molecule has 0 aromatic carbocycles. The van der Waals surface area contributed by atoms with E-state index in [1.807, 2.05) is 0 Å². The molecule has 9 nitrogen and oxygen atoms in total. The Balaban J connectivity index is 1.77. The summed E-state index contributed by atoms with van der Waals surface area (Å²) in [6.07, 6.45) is -0.686. The molecule has 5 heterocycles. The third kappa shape index (κ3) is 4.19. The molecule has 0 amide bonds. The topological polar surface area (TPSA) is 84.2 Å². The quantitative estimate of drug-likeness (QED) is 0.274. The van der Waals surface area contributed by atoms with Gasteiger partial charge in [0.2, 0.25) is 0 Å². The molecule has 0 aliphatic heterocycles. The number of pyridine rings is 1. The Labute approximate surface area is 236 Å². The largest absolute Gasteiger partial charge is 0.249 e. The van der Waals surface area contributed by atoms with Gasteiger partial charge in [0.1, 0.15) is 0 Å². The normalized spacial score (nSPS) is 11.9. The molecule has 0 radical (unpaired) electrons. The van der Waals surface area contributed by atoms with Gasteiger partial charge in [0.15, 0.2) is 12.3 Å². The Morgan fingerprint density at radius 1 is 0.425 bits per heavy atom. The van der Waals surface area contributed by atoms with Crippen LogP contribution in [-0.4, -0.2) is 44.1 Å². The van der Waals surface area contributed by atoms with Crippen molar-refractivity contribution in [2.75, 3.05) is 0 Å². The number of aryl methyl sites for hydroxylation is 4. The van der Waals surface area contributed by atoms with E-state index < -0.39 is 0 Å². The van der Waals surface area contributed by atoms with E-state index >= 15 is 0 Å². The molecule has 0 fully saturated rings. The fourth-order valence-corrected chi connectivity index (χ4v) is 5.40. The lowest BCUT2D eigenvalue weighted by Crippen LogP contribution is -2.28. The minimum atomic E-state index is -0.343. The van der Waals surface area contributed by atoms with E-state index in [0.29, 0.717) is 0 Å². The smallest absolute Gasteiger partial charge is 0.186 e. The van der Waals surface area contributed by atoms with Crippen molar-refractivity contribution in [3.8, 4) is 0 Å². The molecule has 5 aromatic rings. The summed E-state index contributed by atoms with van der Waals surface area (Å²) in [5.41, 5.74) is 14.8. The number of aromatic nitrogens is 9. The van der Waals surface area contributed by atoms with Gasteiger partial charge in [-0.25, -0.2) is 23.7 Å². The van der Waals surface area contributed by atoms with Crippen molar-refractivity contribution in [3.63, 3.8) is 0 Å². The molecule has 5 aromatic heterocycles. The summed E-state index contributed by atoms with van der Waals surface area (Å²) >= 11 is 0. The zero-order valence-electron chi connectivity index (χ0n) is 25.9. The molecule has 0 saturated carbocycles. The van der Waals surface area contributed by atoms with Crippen LogP contribution in [0.25, 0.3) is 0 Å². The fourth-order valence-electron chi connectivity index (χ4n) is 5.40. The monoisotopic (exact) mass is 539 g/mol. The Morgan fingerprint density at radius 3 is 0.875 bits per heavy atom. The minimum Gasteiger partial charge on any atom is -0.249 e. The number of nitrogens with zero attached hydrogens (tertiary/aromatic N) is 9. The summed E-state index contributed by atoms with van der Waals surface area (Å²) in [4.78, 5) is 5.36. The van der Waals surface area contributed by atoms with Gasteiger partial charge in [0, 0.05) is 22.8 Å². The second-order valence-electron chi connectivity index (χ2n) is 11.2. The highest BCUT2D eigenvalue weighted by molar-refractivity contribution is 5.31. The number of rotatable bonds is 6. The number of hydrogen-bond acceptors (Lipinski definition) is 5. The Morgan fingerprint density at radius 2 is 0.675 bits per heavy atom. The predicted octanol–water partition coefficient (Wildman–Crippen LogP) is 5.76. The molecule has 0 aliphatic rings. The lowest BCUT2D eigenvalue weighted by atomic mass is 10.2. The molecule has 0 saturated heterocycles. The van der Waals surface area contributed by atoms with Crippen LogP contribution in [0.15, 0.2) is 18.2 Å². The van der Waals surface area contributed by atoms with Gasteiger partial charge in [-0.2, -0.15) is 20.4 Å². The van der Waals surface area contributed by atoms with E-state index in [-0.39, 0.29) is 12.3 Å². The third-order valence-electron chi connectivity index (χ3n) is 9.00. The van der Waals surface area contributed by atoms with Crippen LogP contribution in [0.1, 0.15) is 91.5 Å². The lowest BCUT2D eigenvalue weighted by molar-refractivity contribution is 0.375. The van der Waals surface area contributed by atoms with Gasteiger partial charge in [0.25, 0.3) is 0 Å². The zero-order chi connectivity index (χ0) is 29.2. The summed E-state index contributed by atoms with van der Waals surface area (Å²) < 4.78 is 8.24. The van der Waals surface area contributed by atoms with Crippen LogP contribution < -0.4 is 0 Å². The molecule has 0 unspecified atom stereocenters. The maximum absolute atomic E-state index is 5.36. The van der Waals surface area contributed by atoms with Crippen LogP contribution in [0, 0.1) is 83.1 Å². The highest BCUT2D eigenvalue weighted by atomic mass is 15.5. The standard InChI is InChI=1S/C31H41N9/c1-16-20(5)33-37(24(16)9)30(38-25(10)17(2)21(6)34-38)28-14-13-15-29(32-28)31(39-26(11)18(3)22(7)35-39)40-27(12)19(4)23(8)36-40/h13-15,30-31H,1-12H3. The average molecular weight is 540 g/mol. The van der Waals surface area contributed by atoms with E-state index in [1.54, 1.807) is 0 Å². The first-order chi connectivity index (χ1) is 18.8. The van der Waals surface area contributed by atoms with Crippen LogP contribution in [-0.2, 0) is 0 Å². The van der Waals surface area contributed by atoms with Gasteiger partial charge in [-0.1, -0.05) is 6.07 Å². The average Bonchev–Trinajstić information content (AvgIpc) is 3.53. The highest BCUT2D eigenvalue weighted by Gasteiger charge is 2.29. The van der Waals surface area contributed by atoms with Crippen LogP contribution >= 0.6 is 0 Å². The van der Waals surface area contributed by atoms with Crippen molar-refractivity contribution in [1.82, 2.24) is 44.1 Å². The van der Waals surface area contributed by atoms with E-state index in [1.165, 1.54) is 22.3 Å². The number of hydrogen-bond donors (Lipinski definition) is 0. The van der Waals surface area contributed by atoms with Crippen LogP contribution in [0.4, 0.5) is 0 Å². The summed E-state index contributed by atoms with van der Waals surface area (Å²) in [5.74, 6) is 0. The summed E-state index contributed by atoms with van der Waals surface area (Å²) in [6, 6.07) is 6.22. The van der Waals surface area contributed by atoms with Crippen molar-refractivity contribution in [2.45, 2.75) is 95.4 Å². The lowest BCUT2D eigenvalue weighted by Gasteiger charge is -2.25. The molecule has 0 atom stereocenters. The first kappa shape index (κ1) is 27.6. The molecule has 40 heavy (non-hydrogen) atoms. The molecule has 210 valence electrons. The van der Waals surface area contributed by atoms with Gasteiger partial charge >= 0.3 is 0 Å². The Hall–Kier alpha value is -4.01. The highest BCUT2D eigenvalue weighted by Crippen LogP contribution is 2.30.